The van der Waals surface area contributed by atoms with Gasteiger partial charge in [0.05, 0.1) is 5.69 Å². The topological polar surface area (TPSA) is 54.7 Å². The average molecular weight is 201 g/mol. The van der Waals surface area contributed by atoms with Crippen molar-refractivity contribution in [1.82, 2.24) is 10.2 Å². The molecule has 0 aliphatic carbocycles. The number of hydrogen-bond acceptors (Lipinski definition) is 2. The molecule has 0 saturated heterocycles. The number of anilines is 1. The molecule has 0 aliphatic heterocycles. The fourth-order valence-electron chi connectivity index (χ4n) is 1.53. The molecule has 78 valence electrons. The van der Waals surface area contributed by atoms with Gasteiger partial charge in [0.15, 0.2) is 0 Å². The molecule has 0 unspecified atom stereocenters. The first-order valence-corrected chi connectivity index (χ1v) is 5.08. The SMILES string of the molecule is CC(C)c1ccc(-c2cc(N)n[nH]2)cc1. The van der Waals surface area contributed by atoms with Crippen LogP contribution in [0, 0.1) is 0 Å². The van der Waals surface area contributed by atoms with Crippen molar-refractivity contribution in [2.24, 2.45) is 0 Å². The van der Waals surface area contributed by atoms with Crippen LogP contribution >= 0.6 is 0 Å². The van der Waals surface area contributed by atoms with Gasteiger partial charge in [0.2, 0.25) is 0 Å². The van der Waals surface area contributed by atoms with Gasteiger partial charge < -0.3 is 5.73 Å². The number of nitrogens with one attached hydrogen (secondary N) is 1. The summed E-state index contributed by atoms with van der Waals surface area (Å²) in [5, 5.41) is 6.80. The molecule has 1 aromatic heterocycles. The Morgan fingerprint density at radius 3 is 2.33 bits per heavy atom. The highest BCUT2D eigenvalue weighted by molar-refractivity contribution is 5.62. The molecular weight excluding hydrogens is 186 g/mol. The lowest BCUT2D eigenvalue weighted by Gasteiger charge is -2.05. The third-order valence-electron chi connectivity index (χ3n) is 2.49. The Morgan fingerprint density at radius 2 is 1.87 bits per heavy atom. The standard InChI is InChI=1S/C12H15N3/c1-8(2)9-3-5-10(6-4-9)11-7-12(13)15-14-11/h3-8H,1-2H3,(H3,13,14,15). The Morgan fingerprint density at radius 1 is 1.20 bits per heavy atom. The molecule has 1 heterocycles. The summed E-state index contributed by atoms with van der Waals surface area (Å²) in [4.78, 5) is 0. The number of H-pyrrole nitrogens is 1. The molecule has 0 atom stereocenters. The maximum atomic E-state index is 5.55. The van der Waals surface area contributed by atoms with Crippen LogP contribution in [0.15, 0.2) is 30.3 Å². The summed E-state index contributed by atoms with van der Waals surface area (Å²) in [5.74, 6) is 1.09. The molecule has 0 bridgehead atoms. The molecule has 3 nitrogen and oxygen atoms in total. The molecule has 0 amide bonds. The van der Waals surface area contributed by atoms with Crippen LogP contribution in [0.3, 0.4) is 0 Å². The lowest BCUT2D eigenvalue weighted by molar-refractivity contribution is 0.867. The minimum Gasteiger partial charge on any atom is -0.382 e. The summed E-state index contributed by atoms with van der Waals surface area (Å²) >= 11 is 0. The lowest BCUT2D eigenvalue weighted by atomic mass is 10.0. The highest BCUT2D eigenvalue weighted by Gasteiger charge is 2.02. The third kappa shape index (κ3) is 2.01. The second kappa shape index (κ2) is 3.77. The summed E-state index contributed by atoms with van der Waals surface area (Å²) in [7, 11) is 0. The lowest BCUT2D eigenvalue weighted by Crippen LogP contribution is -1.86. The van der Waals surface area contributed by atoms with E-state index in [0.717, 1.165) is 11.3 Å². The molecule has 1 aromatic carbocycles. The van der Waals surface area contributed by atoms with E-state index in [2.05, 4.69) is 48.3 Å². The first-order valence-electron chi connectivity index (χ1n) is 5.08. The Hall–Kier alpha value is -1.77. The Bertz CT molecular complexity index is 440. The van der Waals surface area contributed by atoms with Crippen LogP contribution in [0.25, 0.3) is 11.3 Å². The van der Waals surface area contributed by atoms with Crippen molar-refractivity contribution in [3.63, 3.8) is 0 Å². The highest BCUT2D eigenvalue weighted by atomic mass is 15.2. The van der Waals surface area contributed by atoms with Crippen molar-refractivity contribution in [2.45, 2.75) is 19.8 Å². The van der Waals surface area contributed by atoms with E-state index in [1.165, 1.54) is 5.56 Å². The van der Waals surface area contributed by atoms with E-state index in [1.807, 2.05) is 6.07 Å². The van der Waals surface area contributed by atoms with Crippen LogP contribution in [0.4, 0.5) is 5.82 Å². The van der Waals surface area contributed by atoms with Gasteiger partial charge in [-0.1, -0.05) is 38.1 Å². The predicted octanol–water partition coefficient (Wildman–Crippen LogP) is 2.78. The van der Waals surface area contributed by atoms with E-state index in [4.69, 9.17) is 5.73 Å². The van der Waals surface area contributed by atoms with Gasteiger partial charge in [-0.2, -0.15) is 5.10 Å². The normalized spacial score (nSPS) is 10.9. The maximum Gasteiger partial charge on any atom is 0.145 e. The van der Waals surface area contributed by atoms with Gasteiger partial charge in [-0.25, -0.2) is 0 Å². The molecule has 0 saturated carbocycles. The largest absolute Gasteiger partial charge is 0.382 e. The second-order valence-electron chi connectivity index (χ2n) is 3.98. The summed E-state index contributed by atoms with van der Waals surface area (Å²) < 4.78 is 0. The molecule has 3 N–H and O–H groups in total. The molecule has 0 radical (unpaired) electrons. The average Bonchev–Trinajstić information content (AvgIpc) is 2.65. The van der Waals surface area contributed by atoms with Crippen molar-refractivity contribution in [1.29, 1.82) is 0 Å². The number of nitrogens with two attached hydrogens (primary N) is 1. The highest BCUT2D eigenvalue weighted by Crippen LogP contribution is 2.21. The molecule has 0 fully saturated rings. The van der Waals surface area contributed by atoms with Gasteiger partial charge >= 0.3 is 0 Å². The van der Waals surface area contributed by atoms with E-state index in [0.29, 0.717) is 11.7 Å². The Balaban J connectivity index is 2.31. The van der Waals surface area contributed by atoms with Gasteiger partial charge in [-0.3, -0.25) is 5.10 Å². The number of aromatic nitrogens is 2. The fourth-order valence-corrected chi connectivity index (χ4v) is 1.53. The number of nitrogen functional groups attached to an aromatic ring is 1. The van der Waals surface area contributed by atoms with Crippen molar-refractivity contribution in [3.8, 4) is 11.3 Å². The van der Waals surface area contributed by atoms with Crippen LogP contribution in [0.5, 0.6) is 0 Å². The monoisotopic (exact) mass is 201 g/mol. The van der Waals surface area contributed by atoms with Crippen molar-refractivity contribution >= 4 is 5.82 Å². The van der Waals surface area contributed by atoms with E-state index in [-0.39, 0.29) is 0 Å². The Labute approximate surface area is 89.3 Å². The van der Waals surface area contributed by atoms with Gasteiger partial charge in [-0.05, 0) is 17.0 Å². The number of hydrogen-bond donors (Lipinski definition) is 2. The van der Waals surface area contributed by atoms with E-state index >= 15 is 0 Å². The van der Waals surface area contributed by atoms with E-state index < -0.39 is 0 Å². The van der Waals surface area contributed by atoms with Crippen LogP contribution in [-0.4, -0.2) is 10.2 Å². The number of rotatable bonds is 2. The first-order chi connectivity index (χ1) is 7.16. The van der Waals surface area contributed by atoms with E-state index in [9.17, 15) is 0 Å². The molecule has 0 aliphatic rings. The van der Waals surface area contributed by atoms with Gasteiger partial charge in [0.25, 0.3) is 0 Å². The zero-order chi connectivity index (χ0) is 10.8. The van der Waals surface area contributed by atoms with Gasteiger partial charge in [0, 0.05) is 6.07 Å². The molecule has 2 aromatic rings. The zero-order valence-electron chi connectivity index (χ0n) is 8.99. The van der Waals surface area contributed by atoms with Gasteiger partial charge in [-0.15, -0.1) is 0 Å². The molecular formula is C12H15N3. The third-order valence-corrected chi connectivity index (χ3v) is 2.49. The second-order valence-corrected chi connectivity index (χ2v) is 3.98. The van der Waals surface area contributed by atoms with Crippen LogP contribution in [0.2, 0.25) is 0 Å². The first kappa shape index (κ1) is 9.77. The maximum absolute atomic E-state index is 5.55. The number of benzene rings is 1. The van der Waals surface area contributed by atoms with Crippen molar-refractivity contribution in [2.75, 3.05) is 5.73 Å². The predicted molar refractivity (Wildman–Crippen MR) is 62.5 cm³/mol. The summed E-state index contributed by atoms with van der Waals surface area (Å²) in [5.41, 5.74) is 8.97. The van der Waals surface area contributed by atoms with Crippen molar-refractivity contribution in [3.05, 3.63) is 35.9 Å². The molecule has 2 rings (SSSR count). The summed E-state index contributed by atoms with van der Waals surface area (Å²) in [6, 6.07) is 10.3. The zero-order valence-corrected chi connectivity index (χ0v) is 8.99. The number of aromatic amines is 1. The summed E-state index contributed by atoms with van der Waals surface area (Å²) in [6.45, 7) is 4.37. The fraction of sp³-hybridized carbons (Fsp3) is 0.250. The van der Waals surface area contributed by atoms with Crippen LogP contribution < -0.4 is 5.73 Å². The minimum absolute atomic E-state index is 0.526. The molecule has 0 spiro atoms. The summed E-state index contributed by atoms with van der Waals surface area (Å²) in [6.07, 6.45) is 0. The van der Waals surface area contributed by atoms with Gasteiger partial charge in [0.1, 0.15) is 5.82 Å². The van der Waals surface area contributed by atoms with E-state index in [1.54, 1.807) is 0 Å². The number of nitrogens with zero attached hydrogens (tertiary/aromatic N) is 1. The molecule has 3 heteroatoms. The molecule has 15 heavy (non-hydrogen) atoms. The quantitative estimate of drug-likeness (QED) is 0.785. The smallest absolute Gasteiger partial charge is 0.145 e. The van der Waals surface area contributed by atoms with Crippen LogP contribution in [0.1, 0.15) is 25.3 Å². The van der Waals surface area contributed by atoms with Crippen LogP contribution in [-0.2, 0) is 0 Å². The van der Waals surface area contributed by atoms with Crippen molar-refractivity contribution < 1.29 is 0 Å². The minimum atomic E-state index is 0.526. The Kier molecular flexibility index (Phi) is 2.46.